The van der Waals surface area contributed by atoms with Crippen molar-refractivity contribution in [1.82, 2.24) is 0 Å². The molecule has 2 aromatic rings. The molecule has 10 heteroatoms. The molecule has 1 N–H and O–H groups in total. The Bertz CT molecular complexity index is 1220. The second kappa shape index (κ2) is 8.66. The van der Waals surface area contributed by atoms with Gasteiger partial charge in [0.1, 0.15) is 5.82 Å². The van der Waals surface area contributed by atoms with Crippen LogP contribution in [0.1, 0.15) is 33.1 Å². The molecule has 0 spiro atoms. The molecule has 0 unspecified atom stereocenters. The number of hydrogen-bond donors (Lipinski definition) is 1. The molecule has 33 heavy (non-hydrogen) atoms. The van der Waals surface area contributed by atoms with Crippen LogP contribution in [-0.2, 0) is 14.8 Å². The summed E-state index contributed by atoms with van der Waals surface area (Å²) in [7, 11) is -3.51. The Balaban J connectivity index is 1.75. The zero-order valence-electron chi connectivity index (χ0n) is 18.5. The summed E-state index contributed by atoms with van der Waals surface area (Å²) in [4.78, 5) is 27.5. The average molecular weight is 476 g/mol. The molecule has 0 saturated carbocycles. The summed E-state index contributed by atoms with van der Waals surface area (Å²) in [6.45, 7) is 4.08. The van der Waals surface area contributed by atoms with Gasteiger partial charge < -0.3 is 10.0 Å². The molecule has 0 aliphatic carbocycles. The number of halogens is 1. The number of anilines is 3. The number of fused-ring (bicyclic) bond motifs is 1. The standard InChI is InChI=1S/C23H26FN3O5S/c1-3-5-22(28)27-15(2)14-25(23(29)30)21-13-17(7-9-20(21)27)16-6-8-19(18(24)12-16)26-10-4-11-33(26,31)32/h6-9,12-13,15H,3-5,10-11,14H2,1-2H3,(H,29,30)/t15-/m0/s1. The van der Waals surface area contributed by atoms with Gasteiger partial charge in [0.25, 0.3) is 0 Å². The van der Waals surface area contributed by atoms with E-state index >= 15 is 0 Å². The molecule has 8 nitrogen and oxygen atoms in total. The first kappa shape index (κ1) is 23.0. The summed E-state index contributed by atoms with van der Waals surface area (Å²) < 4.78 is 40.3. The van der Waals surface area contributed by atoms with E-state index in [9.17, 15) is 27.5 Å². The molecule has 0 bridgehead atoms. The Hall–Kier alpha value is -3.14. The van der Waals surface area contributed by atoms with Crippen molar-refractivity contribution < 1.29 is 27.5 Å². The molecule has 2 amide bonds. The van der Waals surface area contributed by atoms with Crippen LogP contribution in [0.3, 0.4) is 0 Å². The van der Waals surface area contributed by atoms with E-state index in [1.165, 1.54) is 17.0 Å². The van der Waals surface area contributed by atoms with Gasteiger partial charge in [-0.2, -0.15) is 0 Å². The van der Waals surface area contributed by atoms with E-state index in [1.807, 2.05) is 6.92 Å². The van der Waals surface area contributed by atoms with Crippen molar-refractivity contribution in [1.29, 1.82) is 0 Å². The normalized spacial score (nSPS) is 19.5. The number of sulfonamides is 1. The van der Waals surface area contributed by atoms with Gasteiger partial charge in [-0.1, -0.05) is 19.1 Å². The van der Waals surface area contributed by atoms with Gasteiger partial charge in [0.05, 0.1) is 28.9 Å². The molecule has 2 aliphatic rings. The maximum atomic E-state index is 14.9. The molecule has 1 saturated heterocycles. The smallest absolute Gasteiger partial charge is 0.411 e. The van der Waals surface area contributed by atoms with Gasteiger partial charge in [-0.25, -0.2) is 17.6 Å². The predicted molar refractivity (Wildman–Crippen MR) is 125 cm³/mol. The fraction of sp³-hybridized carbons (Fsp3) is 0.391. The lowest BCUT2D eigenvalue weighted by Crippen LogP contribution is -2.51. The highest BCUT2D eigenvalue weighted by molar-refractivity contribution is 7.93. The molecule has 2 aromatic carbocycles. The number of carbonyl (C=O) groups is 2. The minimum Gasteiger partial charge on any atom is -0.465 e. The lowest BCUT2D eigenvalue weighted by atomic mass is 10.00. The summed E-state index contributed by atoms with van der Waals surface area (Å²) >= 11 is 0. The van der Waals surface area contributed by atoms with Crippen LogP contribution in [-0.4, -0.2) is 50.4 Å². The highest BCUT2D eigenvalue weighted by atomic mass is 32.2. The first-order chi connectivity index (χ1) is 15.6. The third-order valence-corrected chi connectivity index (χ3v) is 7.88. The monoisotopic (exact) mass is 475 g/mol. The van der Waals surface area contributed by atoms with Crippen LogP contribution in [0.2, 0.25) is 0 Å². The molecule has 4 rings (SSSR count). The van der Waals surface area contributed by atoms with Crippen LogP contribution in [0, 0.1) is 5.82 Å². The number of benzene rings is 2. The molecule has 176 valence electrons. The molecule has 2 aliphatic heterocycles. The van der Waals surface area contributed by atoms with Crippen LogP contribution in [0.15, 0.2) is 36.4 Å². The van der Waals surface area contributed by atoms with Crippen molar-refractivity contribution in [2.75, 3.05) is 32.9 Å². The van der Waals surface area contributed by atoms with Crippen molar-refractivity contribution in [2.24, 2.45) is 0 Å². The van der Waals surface area contributed by atoms with E-state index in [4.69, 9.17) is 0 Å². The second-order valence-corrected chi connectivity index (χ2v) is 10.4. The minimum atomic E-state index is -3.51. The Kier molecular flexibility index (Phi) is 6.04. The van der Waals surface area contributed by atoms with Crippen molar-refractivity contribution in [3.8, 4) is 11.1 Å². The third kappa shape index (κ3) is 4.15. The number of carbonyl (C=O) groups excluding carboxylic acids is 1. The maximum absolute atomic E-state index is 14.9. The average Bonchev–Trinajstić information content (AvgIpc) is 3.11. The Labute approximate surface area is 192 Å². The topological polar surface area (TPSA) is 98.2 Å². The highest BCUT2D eigenvalue weighted by Crippen LogP contribution is 2.40. The van der Waals surface area contributed by atoms with Crippen LogP contribution in [0.5, 0.6) is 0 Å². The highest BCUT2D eigenvalue weighted by Gasteiger charge is 2.35. The fourth-order valence-electron chi connectivity index (χ4n) is 4.50. The number of rotatable bonds is 4. The Morgan fingerprint density at radius 2 is 1.76 bits per heavy atom. The molecular weight excluding hydrogens is 449 g/mol. The molecular formula is C23H26FN3O5S. The maximum Gasteiger partial charge on any atom is 0.411 e. The SMILES string of the molecule is CCCC(=O)N1c2ccc(-c3ccc(N4CCCS4(=O)=O)c(F)c3)cc2N(C(=O)O)C[C@@H]1C. The predicted octanol–water partition coefficient (Wildman–Crippen LogP) is 4.05. The van der Waals surface area contributed by atoms with E-state index in [0.29, 0.717) is 41.8 Å². The van der Waals surface area contributed by atoms with Gasteiger partial charge >= 0.3 is 6.09 Å². The molecule has 0 radical (unpaired) electrons. The van der Waals surface area contributed by atoms with Gasteiger partial charge in [0, 0.05) is 19.5 Å². The second-order valence-electron chi connectivity index (χ2n) is 8.37. The molecule has 0 aromatic heterocycles. The van der Waals surface area contributed by atoms with Gasteiger partial charge in [-0.15, -0.1) is 0 Å². The van der Waals surface area contributed by atoms with Gasteiger partial charge in [0.15, 0.2) is 0 Å². The Morgan fingerprint density at radius 3 is 2.33 bits per heavy atom. The largest absolute Gasteiger partial charge is 0.465 e. The molecule has 2 heterocycles. The summed E-state index contributed by atoms with van der Waals surface area (Å²) in [6, 6.07) is 9.00. The van der Waals surface area contributed by atoms with Crippen molar-refractivity contribution >= 4 is 39.1 Å². The van der Waals surface area contributed by atoms with Crippen molar-refractivity contribution in [3.05, 3.63) is 42.2 Å². The Morgan fingerprint density at radius 1 is 1.09 bits per heavy atom. The number of nitrogens with zero attached hydrogens (tertiary/aromatic N) is 3. The van der Waals surface area contributed by atoms with Crippen LogP contribution < -0.4 is 14.1 Å². The zero-order chi connectivity index (χ0) is 23.9. The summed E-state index contributed by atoms with van der Waals surface area (Å²) in [6.07, 6.45) is 0.343. The first-order valence-electron chi connectivity index (χ1n) is 10.9. The lowest BCUT2D eigenvalue weighted by Gasteiger charge is -2.40. The number of carboxylic acid groups (broad SMARTS) is 1. The van der Waals surface area contributed by atoms with Gasteiger partial charge in [0.2, 0.25) is 15.9 Å². The summed E-state index contributed by atoms with van der Waals surface area (Å²) in [5.74, 6) is -0.749. The van der Waals surface area contributed by atoms with Crippen LogP contribution in [0.4, 0.5) is 26.2 Å². The van der Waals surface area contributed by atoms with E-state index in [2.05, 4.69) is 0 Å². The quantitative estimate of drug-likeness (QED) is 0.719. The lowest BCUT2D eigenvalue weighted by molar-refractivity contribution is -0.119. The first-order valence-corrected chi connectivity index (χ1v) is 12.5. The zero-order valence-corrected chi connectivity index (χ0v) is 19.3. The fourth-order valence-corrected chi connectivity index (χ4v) is 6.07. The molecule has 1 fully saturated rings. The van der Waals surface area contributed by atoms with E-state index in [-0.39, 0.29) is 36.5 Å². The van der Waals surface area contributed by atoms with Crippen LogP contribution in [0.25, 0.3) is 11.1 Å². The van der Waals surface area contributed by atoms with E-state index in [0.717, 1.165) is 4.31 Å². The van der Waals surface area contributed by atoms with Crippen LogP contribution >= 0.6 is 0 Å². The molecule has 1 atom stereocenters. The van der Waals surface area contributed by atoms with Gasteiger partial charge in [-0.05, 0) is 55.2 Å². The van der Waals surface area contributed by atoms with E-state index < -0.39 is 21.9 Å². The number of hydrogen-bond acceptors (Lipinski definition) is 4. The summed E-state index contributed by atoms with van der Waals surface area (Å²) in [5.41, 5.74) is 1.90. The van der Waals surface area contributed by atoms with Crippen molar-refractivity contribution in [2.45, 2.75) is 39.2 Å². The van der Waals surface area contributed by atoms with E-state index in [1.54, 1.807) is 36.1 Å². The third-order valence-electron chi connectivity index (χ3n) is 6.03. The minimum absolute atomic E-state index is 0.00426. The van der Waals surface area contributed by atoms with Crippen molar-refractivity contribution in [3.63, 3.8) is 0 Å². The van der Waals surface area contributed by atoms with Gasteiger partial charge in [-0.3, -0.25) is 14.0 Å². The number of amides is 2. The summed E-state index contributed by atoms with van der Waals surface area (Å²) in [5, 5.41) is 9.74.